The molecule has 47 heavy (non-hydrogen) atoms. The molecule has 5 rings (SSSR count). The summed E-state index contributed by atoms with van der Waals surface area (Å²) in [6.45, 7) is 8.53. The molecule has 1 atom stereocenters. The van der Waals surface area contributed by atoms with E-state index >= 15 is 0 Å². The van der Waals surface area contributed by atoms with Crippen LogP contribution in [0, 0.1) is 0 Å². The monoisotopic (exact) mass is 636 g/mol. The second-order valence-electron chi connectivity index (χ2n) is 11.9. The van der Waals surface area contributed by atoms with E-state index in [-0.39, 0.29) is 30.1 Å². The Hall–Kier alpha value is -4.85. The molecule has 1 aliphatic carbocycles. The first-order chi connectivity index (χ1) is 22.8. The molecule has 1 fully saturated rings. The first kappa shape index (κ1) is 33.5. The van der Waals surface area contributed by atoms with Crippen molar-refractivity contribution in [2.24, 2.45) is 0 Å². The molecule has 1 heterocycles. The van der Waals surface area contributed by atoms with Gasteiger partial charge in [-0.3, -0.25) is 4.98 Å². The minimum absolute atomic E-state index is 0.135. The van der Waals surface area contributed by atoms with Crippen LogP contribution in [0.25, 0.3) is 21.7 Å². The largest absolute Gasteiger partial charge is 0.496 e. The van der Waals surface area contributed by atoms with Gasteiger partial charge in [-0.2, -0.15) is 0 Å². The molecule has 1 saturated carbocycles. The van der Waals surface area contributed by atoms with Crippen LogP contribution in [-0.2, 0) is 9.47 Å². The van der Waals surface area contributed by atoms with E-state index in [2.05, 4.69) is 36.3 Å². The molecule has 0 bridgehead atoms. The molecular weight excluding hydrogens is 592 g/mol. The van der Waals surface area contributed by atoms with Crippen LogP contribution in [0.4, 0.5) is 4.79 Å². The Labute approximate surface area is 276 Å². The number of amides is 1. The highest BCUT2D eigenvalue weighted by Crippen LogP contribution is 2.47. The predicted octanol–water partition coefficient (Wildman–Crippen LogP) is 9.42. The van der Waals surface area contributed by atoms with E-state index in [0.29, 0.717) is 23.7 Å². The molecule has 1 N–H and O–H groups in total. The summed E-state index contributed by atoms with van der Waals surface area (Å²) < 4.78 is 23.1. The van der Waals surface area contributed by atoms with E-state index in [1.807, 2.05) is 61.5 Å². The number of benzene rings is 3. The van der Waals surface area contributed by atoms with Gasteiger partial charge in [-0.15, -0.1) is 0 Å². The Bertz CT molecular complexity index is 1810. The number of allylic oxidation sites excluding steroid dienone is 2. The molecule has 246 valence electrons. The lowest BCUT2D eigenvalue weighted by Crippen LogP contribution is -2.38. The van der Waals surface area contributed by atoms with Gasteiger partial charge in [0.15, 0.2) is 0 Å². The number of nitrogens with zero attached hydrogens (tertiary/aromatic N) is 1. The molecule has 1 aliphatic rings. The maximum atomic E-state index is 12.8. The topological polar surface area (TPSA) is 96.0 Å². The molecule has 8 heteroatoms. The van der Waals surface area contributed by atoms with Crippen molar-refractivity contribution in [1.82, 2.24) is 10.3 Å². The summed E-state index contributed by atoms with van der Waals surface area (Å²) in [5, 5.41) is 5.67. The maximum Gasteiger partial charge on any atom is 0.407 e. The van der Waals surface area contributed by atoms with Gasteiger partial charge in [0.2, 0.25) is 0 Å². The first-order valence-electron chi connectivity index (χ1n) is 16.4. The van der Waals surface area contributed by atoms with Crippen molar-refractivity contribution in [3.63, 3.8) is 0 Å². The fraction of sp³-hybridized carbons (Fsp3) is 0.359. The van der Waals surface area contributed by atoms with Crippen LogP contribution in [-0.4, -0.2) is 42.9 Å². The highest BCUT2D eigenvalue weighted by molar-refractivity contribution is 6.04. The van der Waals surface area contributed by atoms with Gasteiger partial charge >= 0.3 is 12.1 Å². The summed E-state index contributed by atoms with van der Waals surface area (Å²) in [6.07, 6.45) is 11.7. The number of alkyl carbamates (subject to hydrolysis) is 1. The van der Waals surface area contributed by atoms with Gasteiger partial charge < -0.3 is 24.3 Å². The third-order valence-corrected chi connectivity index (χ3v) is 8.64. The fourth-order valence-electron chi connectivity index (χ4n) is 6.12. The highest BCUT2D eigenvalue weighted by Gasteiger charge is 2.46. The number of carbonyl (C=O) groups is 2. The number of ether oxygens (including phenoxy) is 4. The number of fused-ring (bicyclic) bond motifs is 2. The normalized spacial score (nSPS) is 14.6. The SMILES string of the molecule is C/C=C\C(=C/CC)COC(=O)NC1(CC(CC)c2cc3nccc(Oc4ccc5c(C(=O)OCC)cccc5c4)c3cc2OC)CC1. The zero-order valence-electron chi connectivity index (χ0n) is 27.9. The molecule has 0 radical (unpaired) electrons. The van der Waals surface area contributed by atoms with Crippen molar-refractivity contribution < 1.29 is 28.5 Å². The van der Waals surface area contributed by atoms with Crippen molar-refractivity contribution in [3.05, 3.63) is 95.7 Å². The van der Waals surface area contributed by atoms with Crippen LogP contribution in [0.5, 0.6) is 17.2 Å². The Morgan fingerprint density at radius 3 is 2.53 bits per heavy atom. The molecule has 8 nitrogen and oxygen atoms in total. The Kier molecular flexibility index (Phi) is 10.8. The van der Waals surface area contributed by atoms with Gasteiger partial charge in [0, 0.05) is 17.1 Å². The van der Waals surface area contributed by atoms with Gasteiger partial charge in [0.1, 0.15) is 23.9 Å². The summed E-state index contributed by atoms with van der Waals surface area (Å²) in [5.74, 6) is 1.82. The summed E-state index contributed by atoms with van der Waals surface area (Å²) >= 11 is 0. The van der Waals surface area contributed by atoms with Crippen LogP contribution in [0.1, 0.15) is 81.6 Å². The van der Waals surface area contributed by atoms with Gasteiger partial charge in [0.05, 0.1) is 24.8 Å². The van der Waals surface area contributed by atoms with Gasteiger partial charge in [0.25, 0.3) is 0 Å². The number of hydrogen-bond donors (Lipinski definition) is 1. The average molecular weight is 637 g/mol. The van der Waals surface area contributed by atoms with E-state index in [9.17, 15) is 9.59 Å². The Balaban J connectivity index is 1.35. The van der Waals surface area contributed by atoms with Crippen molar-refractivity contribution in [1.29, 1.82) is 0 Å². The molecular formula is C39H44N2O6. The first-order valence-corrected chi connectivity index (χ1v) is 16.4. The average Bonchev–Trinajstić information content (AvgIpc) is 3.84. The number of carbonyl (C=O) groups excluding carboxylic acids is 2. The number of esters is 1. The zero-order valence-corrected chi connectivity index (χ0v) is 27.9. The van der Waals surface area contributed by atoms with E-state index in [0.717, 1.165) is 70.7 Å². The second kappa shape index (κ2) is 15.2. The standard InChI is InChI=1S/C39H44N2O6/c1-6-11-26(12-7-2)25-46-38(43)41-39(18-19-39)24-27(8-3)32-22-34-33(23-36(32)44-5)35(17-20-40-34)47-29-15-16-30-28(21-29)13-10-14-31(30)37(42)45-9-4/h6,10-17,20-23,27H,7-9,18-19,24-25H2,1-5H3,(H,41,43)/b11-6-,26-12+. The summed E-state index contributed by atoms with van der Waals surface area (Å²) in [7, 11) is 1.67. The highest BCUT2D eigenvalue weighted by atomic mass is 16.5. The van der Waals surface area contributed by atoms with Crippen LogP contribution < -0.4 is 14.8 Å². The van der Waals surface area contributed by atoms with Crippen LogP contribution in [0.3, 0.4) is 0 Å². The molecule has 1 amide bonds. The van der Waals surface area contributed by atoms with Crippen LogP contribution in [0.15, 0.2) is 84.6 Å². The molecule has 0 aliphatic heterocycles. The smallest absolute Gasteiger partial charge is 0.407 e. The van der Waals surface area contributed by atoms with E-state index in [1.54, 1.807) is 26.3 Å². The lowest BCUT2D eigenvalue weighted by atomic mass is 9.87. The van der Waals surface area contributed by atoms with Crippen molar-refractivity contribution in [2.45, 2.75) is 71.3 Å². The quantitative estimate of drug-likeness (QED) is 0.109. The lowest BCUT2D eigenvalue weighted by molar-refractivity contribution is 0.0528. The molecule has 1 unspecified atom stereocenters. The molecule has 0 saturated heterocycles. The van der Waals surface area contributed by atoms with E-state index in [4.69, 9.17) is 18.9 Å². The second-order valence-corrected chi connectivity index (χ2v) is 11.9. The van der Waals surface area contributed by atoms with Gasteiger partial charge in [-0.25, -0.2) is 9.59 Å². The molecule has 3 aromatic carbocycles. The number of pyridine rings is 1. The van der Waals surface area contributed by atoms with Crippen molar-refractivity contribution >= 4 is 33.7 Å². The van der Waals surface area contributed by atoms with Gasteiger partial charge in [-0.05, 0) is 116 Å². The number of hydrogen-bond acceptors (Lipinski definition) is 7. The number of nitrogens with one attached hydrogen (secondary N) is 1. The predicted molar refractivity (Wildman–Crippen MR) is 186 cm³/mol. The van der Waals surface area contributed by atoms with E-state index < -0.39 is 0 Å². The summed E-state index contributed by atoms with van der Waals surface area (Å²) in [4.78, 5) is 29.9. The minimum Gasteiger partial charge on any atom is -0.496 e. The van der Waals surface area contributed by atoms with Crippen LogP contribution in [0.2, 0.25) is 0 Å². The molecule has 4 aromatic rings. The van der Waals surface area contributed by atoms with E-state index in [1.165, 1.54) is 0 Å². The third kappa shape index (κ3) is 7.94. The Morgan fingerprint density at radius 1 is 1.00 bits per heavy atom. The Morgan fingerprint density at radius 2 is 1.83 bits per heavy atom. The van der Waals surface area contributed by atoms with Gasteiger partial charge in [-0.1, -0.05) is 44.2 Å². The lowest BCUT2D eigenvalue weighted by Gasteiger charge is -2.25. The third-order valence-electron chi connectivity index (χ3n) is 8.64. The molecule has 1 aromatic heterocycles. The number of methoxy groups -OCH3 is 1. The minimum atomic E-state index is -0.386. The number of rotatable bonds is 14. The molecule has 0 spiro atoms. The number of aromatic nitrogens is 1. The van der Waals surface area contributed by atoms with Crippen LogP contribution >= 0.6 is 0 Å². The summed E-state index contributed by atoms with van der Waals surface area (Å²) in [6, 6.07) is 17.1. The fourth-order valence-corrected chi connectivity index (χ4v) is 6.12. The maximum absolute atomic E-state index is 12.8. The summed E-state index contributed by atoms with van der Waals surface area (Å²) in [5.41, 5.74) is 3.05. The zero-order chi connectivity index (χ0) is 33.4. The van der Waals surface area contributed by atoms with Crippen molar-refractivity contribution in [2.75, 3.05) is 20.3 Å². The van der Waals surface area contributed by atoms with Crippen molar-refractivity contribution in [3.8, 4) is 17.2 Å².